The molecule has 0 heterocycles. The van der Waals surface area contributed by atoms with Crippen molar-refractivity contribution >= 4 is 24.1 Å². The van der Waals surface area contributed by atoms with Crippen molar-refractivity contribution in [3.8, 4) is 22.3 Å². The molecule has 0 aliphatic heterocycles. The average Bonchev–Trinajstić information content (AvgIpc) is 2.72. The zero-order valence-electron chi connectivity index (χ0n) is 15.1. The lowest BCUT2D eigenvalue weighted by Gasteiger charge is -2.18. The van der Waals surface area contributed by atoms with Crippen molar-refractivity contribution in [2.45, 2.75) is 0 Å². The van der Waals surface area contributed by atoms with Crippen molar-refractivity contribution < 1.29 is 19.8 Å². The first-order valence-electron chi connectivity index (χ1n) is 8.56. The van der Waals surface area contributed by atoms with Gasteiger partial charge in [0.2, 0.25) is 0 Å². The zero-order valence-corrected chi connectivity index (χ0v) is 15.1. The van der Waals surface area contributed by atoms with Crippen LogP contribution in [0.3, 0.4) is 0 Å². The smallest absolute Gasteiger partial charge is 0.336 e. The highest BCUT2D eigenvalue weighted by molar-refractivity contribution is 6.05. The van der Waals surface area contributed by atoms with Crippen LogP contribution >= 0.6 is 0 Å². The fourth-order valence-corrected chi connectivity index (χ4v) is 3.36. The highest BCUT2D eigenvalue weighted by Crippen LogP contribution is 2.39. The van der Waals surface area contributed by atoms with Crippen LogP contribution in [0.1, 0.15) is 31.8 Å². The summed E-state index contributed by atoms with van der Waals surface area (Å²) in [6.07, 6.45) is 3.19. The lowest BCUT2D eigenvalue weighted by atomic mass is 9.85. The van der Waals surface area contributed by atoms with Crippen LogP contribution in [0.15, 0.2) is 73.8 Å². The summed E-state index contributed by atoms with van der Waals surface area (Å²) in [6, 6.07) is 17.1. The van der Waals surface area contributed by atoms with Gasteiger partial charge < -0.3 is 10.2 Å². The van der Waals surface area contributed by atoms with Gasteiger partial charge in [0.15, 0.2) is 0 Å². The predicted molar refractivity (Wildman–Crippen MR) is 111 cm³/mol. The van der Waals surface area contributed by atoms with Crippen molar-refractivity contribution in [2.24, 2.45) is 0 Å². The number of rotatable bonds is 6. The summed E-state index contributed by atoms with van der Waals surface area (Å²) in [7, 11) is 0. The van der Waals surface area contributed by atoms with Crippen LogP contribution in [-0.2, 0) is 0 Å². The molecule has 0 fully saturated rings. The molecule has 2 N–H and O–H groups in total. The van der Waals surface area contributed by atoms with Gasteiger partial charge in [-0.05, 0) is 34.4 Å². The third-order valence-electron chi connectivity index (χ3n) is 4.56. The standard InChI is InChI=1S/C24H18O4/c1-3-15-9-7-13-19(23(25)26)21(15)17-11-5-6-12-18(17)22-16(4-2)10-8-14-20(22)24(27)28/h3-14H,1-2H2,(H,25,26)(H,27,28). The molecule has 3 rings (SSSR count). The predicted octanol–water partition coefficient (Wildman–Crippen LogP) is 5.70. The van der Waals surface area contributed by atoms with Crippen molar-refractivity contribution in [3.05, 3.63) is 96.1 Å². The molecule has 4 heteroatoms. The molecule has 3 aromatic rings. The molecule has 0 aliphatic rings. The molecule has 28 heavy (non-hydrogen) atoms. The largest absolute Gasteiger partial charge is 0.478 e. The Labute approximate surface area is 162 Å². The fourth-order valence-electron chi connectivity index (χ4n) is 3.36. The minimum Gasteiger partial charge on any atom is -0.478 e. The van der Waals surface area contributed by atoms with Crippen molar-refractivity contribution in [3.63, 3.8) is 0 Å². The van der Waals surface area contributed by atoms with E-state index in [4.69, 9.17) is 0 Å². The number of benzene rings is 3. The van der Waals surface area contributed by atoms with E-state index in [1.54, 1.807) is 60.7 Å². The number of hydrogen-bond donors (Lipinski definition) is 2. The van der Waals surface area contributed by atoms with Gasteiger partial charge in [0.1, 0.15) is 0 Å². The average molecular weight is 370 g/mol. The van der Waals surface area contributed by atoms with Gasteiger partial charge in [0.25, 0.3) is 0 Å². The summed E-state index contributed by atoms with van der Waals surface area (Å²) >= 11 is 0. The SMILES string of the molecule is C=Cc1cccc(C(=O)O)c1-c1ccccc1-c1c(C=C)cccc1C(=O)O. The maximum atomic E-state index is 11.9. The molecule has 138 valence electrons. The Morgan fingerprint density at radius 1 is 0.643 bits per heavy atom. The second-order valence-electron chi connectivity index (χ2n) is 6.10. The van der Waals surface area contributed by atoms with Crippen molar-refractivity contribution in [1.82, 2.24) is 0 Å². The lowest BCUT2D eigenvalue weighted by Crippen LogP contribution is -2.04. The molecule has 0 amide bonds. The number of carboxylic acid groups (broad SMARTS) is 2. The first kappa shape index (κ1) is 18.9. The molecule has 3 aromatic carbocycles. The van der Waals surface area contributed by atoms with E-state index in [0.717, 1.165) is 0 Å². The first-order valence-corrected chi connectivity index (χ1v) is 8.56. The number of hydrogen-bond acceptors (Lipinski definition) is 2. The highest BCUT2D eigenvalue weighted by Gasteiger charge is 2.21. The lowest BCUT2D eigenvalue weighted by molar-refractivity contribution is 0.0686. The molecule has 4 nitrogen and oxygen atoms in total. The quantitative estimate of drug-likeness (QED) is 0.583. The van der Waals surface area contributed by atoms with Gasteiger partial charge >= 0.3 is 11.9 Å². The van der Waals surface area contributed by atoms with Crippen LogP contribution in [0.2, 0.25) is 0 Å². The zero-order chi connectivity index (χ0) is 20.3. The first-order chi connectivity index (χ1) is 13.5. The highest BCUT2D eigenvalue weighted by atomic mass is 16.4. The van der Waals surface area contributed by atoms with Crippen LogP contribution in [0.5, 0.6) is 0 Å². The molecule has 0 unspecified atom stereocenters. The van der Waals surface area contributed by atoms with E-state index >= 15 is 0 Å². The molecular formula is C24H18O4. The minimum absolute atomic E-state index is 0.123. The summed E-state index contributed by atoms with van der Waals surface area (Å²) in [6.45, 7) is 7.59. The molecule has 0 aromatic heterocycles. The Bertz CT molecular complexity index is 1020. The van der Waals surface area contributed by atoms with Crippen molar-refractivity contribution in [1.29, 1.82) is 0 Å². The van der Waals surface area contributed by atoms with E-state index < -0.39 is 11.9 Å². The summed E-state index contributed by atoms with van der Waals surface area (Å²) in [5.74, 6) is -2.13. The Morgan fingerprint density at radius 3 is 1.36 bits per heavy atom. The van der Waals surface area contributed by atoms with Gasteiger partial charge in [0, 0.05) is 11.1 Å². The third kappa shape index (κ3) is 3.23. The molecule has 0 bridgehead atoms. The fraction of sp³-hybridized carbons (Fsp3) is 0. The summed E-state index contributed by atoms with van der Waals surface area (Å²) < 4.78 is 0. The molecule has 0 saturated heterocycles. The summed E-state index contributed by atoms with van der Waals surface area (Å²) in [5.41, 5.74) is 3.78. The topological polar surface area (TPSA) is 74.6 Å². The Balaban J connectivity index is 2.45. The maximum absolute atomic E-state index is 11.9. The van der Waals surface area contributed by atoms with Gasteiger partial charge in [-0.1, -0.05) is 73.8 Å². The normalized spacial score (nSPS) is 10.3. The van der Waals surface area contributed by atoms with Crippen LogP contribution in [0.4, 0.5) is 0 Å². The van der Waals surface area contributed by atoms with Gasteiger partial charge in [-0.3, -0.25) is 0 Å². The van der Waals surface area contributed by atoms with E-state index in [1.165, 1.54) is 12.1 Å². The van der Waals surface area contributed by atoms with E-state index in [0.29, 0.717) is 33.4 Å². The Morgan fingerprint density at radius 2 is 1.04 bits per heavy atom. The van der Waals surface area contributed by atoms with Crippen LogP contribution in [-0.4, -0.2) is 22.2 Å². The second kappa shape index (κ2) is 7.76. The molecule has 0 aliphatic carbocycles. The number of aromatic carboxylic acids is 2. The van der Waals surface area contributed by atoms with Crippen LogP contribution in [0.25, 0.3) is 34.4 Å². The van der Waals surface area contributed by atoms with Crippen LogP contribution < -0.4 is 0 Å². The summed E-state index contributed by atoms with van der Waals surface area (Å²) in [5, 5.41) is 19.4. The number of carbonyl (C=O) groups is 2. The molecule has 0 atom stereocenters. The van der Waals surface area contributed by atoms with Gasteiger partial charge in [-0.2, -0.15) is 0 Å². The van der Waals surface area contributed by atoms with Gasteiger partial charge in [-0.25, -0.2) is 9.59 Å². The molecule has 0 spiro atoms. The Hall–Kier alpha value is -3.92. The monoisotopic (exact) mass is 370 g/mol. The molecule has 0 saturated carbocycles. The van der Waals surface area contributed by atoms with E-state index in [9.17, 15) is 19.8 Å². The van der Waals surface area contributed by atoms with E-state index in [2.05, 4.69) is 13.2 Å². The Kier molecular flexibility index (Phi) is 5.23. The second-order valence-corrected chi connectivity index (χ2v) is 6.10. The molecular weight excluding hydrogens is 352 g/mol. The van der Waals surface area contributed by atoms with Gasteiger partial charge in [-0.15, -0.1) is 0 Å². The molecule has 0 radical (unpaired) electrons. The van der Waals surface area contributed by atoms with Crippen molar-refractivity contribution in [2.75, 3.05) is 0 Å². The van der Waals surface area contributed by atoms with Crippen LogP contribution in [0, 0.1) is 0 Å². The summed E-state index contributed by atoms with van der Waals surface area (Å²) in [4.78, 5) is 23.7. The van der Waals surface area contributed by atoms with Gasteiger partial charge in [0.05, 0.1) is 11.1 Å². The minimum atomic E-state index is -1.07. The number of carboxylic acids is 2. The van der Waals surface area contributed by atoms with E-state index in [-0.39, 0.29) is 11.1 Å². The van der Waals surface area contributed by atoms with E-state index in [1.807, 2.05) is 0 Å². The maximum Gasteiger partial charge on any atom is 0.336 e. The third-order valence-corrected chi connectivity index (χ3v) is 4.56.